The van der Waals surface area contributed by atoms with E-state index in [-0.39, 0.29) is 17.0 Å². The summed E-state index contributed by atoms with van der Waals surface area (Å²) in [6.45, 7) is 0. The van der Waals surface area contributed by atoms with E-state index >= 15 is 0 Å². The van der Waals surface area contributed by atoms with Crippen molar-refractivity contribution in [2.24, 2.45) is 0 Å². The third-order valence-electron chi connectivity index (χ3n) is 5.71. The van der Waals surface area contributed by atoms with Crippen LogP contribution in [0.4, 0.5) is 5.69 Å². The first-order valence-corrected chi connectivity index (χ1v) is 12.7. The molecule has 10 heteroatoms. The van der Waals surface area contributed by atoms with Gasteiger partial charge in [0.25, 0.3) is 17.7 Å². The zero-order valence-electron chi connectivity index (χ0n) is 21.1. The normalized spacial score (nSPS) is 14.9. The maximum Gasteiger partial charge on any atom is 0.269 e. The molecule has 1 heterocycles. The number of anilines is 1. The van der Waals surface area contributed by atoms with E-state index in [2.05, 4.69) is 10.7 Å². The van der Waals surface area contributed by atoms with Gasteiger partial charge in [0.15, 0.2) is 11.5 Å². The summed E-state index contributed by atoms with van der Waals surface area (Å²) >= 11 is 1.43. The number of carbonyl (C=O) groups is 3. The maximum atomic E-state index is 12.9. The van der Waals surface area contributed by atoms with Crippen molar-refractivity contribution in [1.82, 2.24) is 10.4 Å². The van der Waals surface area contributed by atoms with Gasteiger partial charge in [-0.25, -0.2) is 5.01 Å². The lowest BCUT2D eigenvalue weighted by Gasteiger charge is -2.22. The van der Waals surface area contributed by atoms with Crippen molar-refractivity contribution in [2.45, 2.75) is 5.37 Å². The first kappa shape index (κ1) is 26.6. The average molecular weight is 534 g/mol. The highest BCUT2D eigenvalue weighted by atomic mass is 32.2. The zero-order valence-corrected chi connectivity index (χ0v) is 21.9. The van der Waals surface area contributed by atoms with Crippen LogP contribution in [-0.2, 0) is 4.79 Å². The average Bonchev–Trinajstić information content (AvgIpc) is 3.30. The topological polar surface area (TPSA) is 106 Å². The fourth-order valence-electron chi connectivity index (χ4n) is 3.76. The first-order chi connectivity index (χ1) is 18.4. The predicted octanol–water partition coefficient (Wildman–Crippen LogP) is 4.22. The minimum Gasteiger partial charge on any atom is -0.493 e. The van der Waals surface area contributed by atoms with E-state index in [9.17, 15) is 14.4 Å². The number of amides is 3. The highest BCUT2D eigenvalue weighted by Gasteiger charge is 2.31. The highest BCUT2D eigenvalue weighted by Crippen LogP contribution is 2.38. The Kier molecular flexibility index (Phi) is 8.55. The number of nitrogens with one attached hydrogen (secondary N) is 2. The van der Waals surface area contributed by atoms with Crippen molar-refractivity contribution in [3.05, 3.63) is 89.5 Å². The summed E-state index contributed by atoms with van der Waals surface area (Å²) in [6, 6.07) is 19.2. The van der Waals surface area contributed by atoms with E-state index in [1.54, 1.807) is 36.4 Å². The van der Waals surface area contributed by atoms with Crippen molar-refractivity contribution in [2.75, 3.05) is 32.4 Å². The van der Waals surface area contributed by atoms with Crippen molar-refractivity contribution in [3.63, 3.8) is 0 Å². The van der Waals surface area contributed by atoms with Gasteiger partial charge in [-0.3, -0.25) is 19.8 Å². The van der Waals surface area contributed by atoms with Gasteiger partial charge in [0.05, 0.1) is 27.1 Å². The van der Waals surface area contributed by atoms with E-state index in [4.69, 9.17) is 14.2 Å². The molecule has 0 bridgehead atoms. The van der Waals surface area contributed by atoms with Crippen LogP contribution in [0.5, 0.6) is 17.2 Å². The number of rotatable bonds is 9. The maximum absolute atomic E-state index is 12.9. The molecule has 3 amide bonds. The minimum absolute atomic E-state index is 0.180. The Bertz CT molecular complexity index is 1320. The van der Waals surface area contributed by atoms with Gasteiger partial charge < -0.3 is 19.5 Å². The molecular formula is C28H27N3O6S. The second-order valence-corrected chi connectivity index (χ2v) is 9.23. The Balaban J connectivity index is 1.41. The van der Waals surface area contributed by atoms with Crippen LogP contribution in [0.1, 0.15) is 26.3 Å². The van der Waals surface area contributed by atoms with Gasteiger partial charge in [0, 0.05) is 16.8 Å². The summed E-state index contributed by atoms with van der Waals surface area (Å²) in [6.07, 6.45) is 3.80. The zero-order chi connectivity index (χ0) is 27.1. The van der Waals surface area contributed by atoms with Crippen LogP contribution < -0.4 is 25.0 Å². The summed E-state index contributed by atoms with van der Waals surface area (Å²) in [5.74, 6) is 0.368. The Labute approximate surface area is 224 Å². The molecule has 1 saturated heterocycles. The molecule has 3 aromatic carbocycles. The Morgan fingerprint density at radius 3 is 2.16 bits per heavy atom. The van der Waals surface area contributed by atoms with Gasteiger partial charge in [-0.15, -0.1) is 11.8 Å². The molecule has 0 aliphatic carbocycles. The van der Waals surface area contributed by atoms with Gasteiger partial charge in [0.1, 0.15) is 5.37 Å². The van der Waals surface area contributed by atoms with Crippen molar-refractivity contribution in [1.29, 1.82) is 0 Å². The standard InChI is InChI=1S/C28H27N3O6S/c1-35-22-15-20(16-23(36-2)26(22)37-3)27(33)29-21-12-10-19(11-13-21)28(34)30-31-24(32)17-38-25(31)14-9-18-7-5-4-6-8-18/h4-16,25H,17H2,1-3H3,(H,29,33)(H,30,34)/b14-9+. The molecule has 0 spiro atoms. The lowest BCUT2D eigenvalue weighted by atomic mass is 10.1. The fourth-order valence-corrected chi connectivity index (χ4v) is 4.72. The number of ether oxygens (including phenoxy) is 3. The number of thioether (sulfide) groups is 1. The van der Waals surface area contributed by atoms with Crippen molar-refractivity contribution in [3.8, 4) is 17.2 Å². The summed E-state index contributed by atoms with van der Waals surface area (Å²) < 4.78 is 15.9. The predicted molar refractivity (Wildman–Crippen MR) is 147 cm³/mol. The van der Waals surface area contributed by atoms with Gasteiger partial charge in [-0.05, 0) is 48.0 Å². The highest BCUT2D eigenvalue weighted by molar-refractivity contribution is 8.01. The van der Waals surface area contributed by atoms with Gasteiger partial charge >= 0.3 is 0 Å². The lowest BCUT2D eigenvalue weighted by molar-refractivity contribution is -0.129. The van der Waals surface area contributed by atoms with Gasteiger partial charge in [0.2, 0.25) is 5.75 Å². The van der Waals surface area contributed by atoms with E-state index in [0.29, 0.717) is 34.1 Å². The van der Waals surface area contributed by atoms with E-state index in [1.807, 2.05) is 42.5 Å². The SMILES string of the molecule is COc1cc(C(=O)Nc2ccc(C(=O)NN3C(=O)CSC3/C=C/c3ccccc3)cc2)cc(OC)c1OC. The molecule has 1 atom stereocenters. The van der Waals surface area contributed by atoms with Gasteiger partial charge in [-0.2, -0.15) is 0 Å². The number of hydrazine groups is 1. The third-order valence-corrected chi connectivity index (χ3v) is 6.83. The van der Waals surface area contributed by atoms with Crippen LogP contribution >= 0.6 is 11.8 Å². The van der Waals surface area contributed by atoms with E-state index < -0.39 is 11.8 Å². The van der Waals surface area contributed by atoms with Crippen LogP contribution in [0.2, 0.25) is 0 Å². The van der Waals surface area contributed by atoms with E-state index in [1.165, 1.54) is 38.1 Å². The third kappa shape index (κ3) is 6.09. The number of nitrogens with zero attached hydrogens (tertiary/aromatic N) is 1. The van der Waals surface area contributed by atoms with Gasteiger partial charge in [-0.1, -0.05) is 36.4 Å². The molecule has 0 radical (unpaired) electrons. The second-order valence-electron chi connectivity index (χ2n) is 8.12. The summed E-state index contributed by atoms with van der Waals surface area (Å²) in [7, 11) is 4.43. The molecule has 1 fully saturated rings. The molecule has 9 nitrogen and oxygen atoms in total. The molecule has 1 aliphatic heterocycles. The molecule has 1 unspecified atom stereocenters. The summed E-state index contributed by atoms with van der Waals surface area (Å²) in [5, 5.41) is 3.81. The molecule has 2 N–H and O–H groups in total. The lowest BCUT2D eigenvalue weighted by Crippen LogP contribution is -2.46. The van der Waals surface area contributed by atoms with Crippen LogP contribution in [0.25, 0.3) is 6.08 Å². The molecule has 4 rings (SSSR count). The molecule has 0 aromatic heterocycles. The number of hydrogen-bond acceptors (Lipinski definition) is 7. The largest absolute Gasteiger partial charge is 0.493 e. The molecule has 196 valence electrons. The van der Waals surface area contributed by atoms with E-state index in [0.717, 1.165) is 5.56 Å². The Morgan fingerprint density at radius 2 is 1.55 bits per heavy atom. The van der Waals surface area contributed by atoms with Crippen molar-refractivity contribution >= 4 is 41.2 Å². The number of hydrogen-bond donors (Lipinski definition) is 2. The Morgan fingerprint density at radius 1 is 0.895 bits per heavy atom. The summed E-state index contributed by atoms with van der Waals surface area (Å²) in [5.41, 5.74) is 4.83. The number of benzene rings is 3. The fraction of sp³-hybridized carbons (Fsp3) is 0.179. The monoisotopic (exact) mass is 533 g/mol. The quantitative estimate of drug-likeness (QED) is 0.424. The summed E-state index contributed by atoms with van der Waals surface area (Å²) in [4.78, 5) is 38.1. The minimum atomic E-state index is -0.429. The number of carbonyl (C=O) groups excluding carboxylic acids is 3. The van der Waals surface area contributed by atoms with Crippen LogP contribution in [-0.4, -0.2) is 55.2 Å². The van der Waals surface area contributed by atoms with Crippen LogP contribution in [0.3, 0.4) is 0 Å². The molecular weight excluding hydrogens is 506 g/mol. The molecule has 38 heavy (non-hydrogen) atoms. The molecule has 0 saturated carbocycles. The second kappa shape index (κ2) is 12.2. The number of methoxy groups -OCH3 is 3. The molecule has 1 aliphatic rings. The molecule has 3 aromatic rings. The Hall–Kier alpha value is -4.44. The van der Waals surface area contributed by atoms with Crippen molar-refractivity contribution < 1.29 is 28.6 Å². The smallest absolute Gasteiger partial charge is 0.269 e. The van der Waals surface area contributed by atoms with Crippen LogP contribution in [0, 0.1) is 0 Å². The first-order valence-electron chi connectivity index (χ1n) is 11.6. The van der Waals surface area contributed by atoms with Crippen LogP contribution in [0.15, 0.2) is 72.8 Å².